The first-order chi connectivity index (χ1) is 8.88. The molecule has 2 nitrogen and oxygen atoms in total. The van der Waals surface area contributed by atoms with E-state index in [9.17, 15) is 0 Å². The van der Waals surface area contributed by atoms with Gasteiger partial charge in [-0.2, -0.15) is 0 Å². The molecular formula is C16H10N2. The smallest absolute Gasteiger partial charge is 0.187 e. The molecule has 0 N–H and O–H groups in total. The standard InChI is InChI=1S/C16H10N2/c1-17-14-7-4-6-13(11-14)16-15-8-3-2-5-12(15)9-10-18-16/h2-11H. The molecule has 0 saturated heterocycles. The van der Waals surface area contributed by atoms with E-state index in [1.54, 1.807) is 0 Å². The molecule has 2 heteroatoms. The van der Waals surface area contributed by atoms with Gasteiger partial charge in [0, 0.05) is 11.6 Å². The van der Waals surface area contributed by atoms with Crippen LogP contribution in [0.1, 0.15) is 0 Å². The van der Waals surface area contributed by atoms with Crippen LogP contribution in [0, 0.1) is 6.57 Å². The molecule has 84 valence electrons. The topological polar surface area (TPSA) is 17.2 Å². The molecule has 0 atom stereocenters. The van der Waals surface area contributed by atoms with Crippen LogP contribution in [0.5, 0.6) is 0 Å². The average Bonchev–Trinajstić information content (AvgIpc) is 2.47. The number of fused-ring (bicyclic) bond motifs is 1. The van der Waals surface area contributed by atoms with Crippen molar-refractivity contribution in [2.24, 2.45) is 0 Å². The molecule has 0 fully saturated rings. The lowest BCUT2D eigenvalue weighted by Crippen LogP contribution is -1.85. The highest BCUT2D eigenvalue weighted by molar-refractivity contribution is 5.94. The molecule has 1 aromatic heterocycles. The highest BCUT2D eigenvalue weighted by Crippen LogP contribution is 2.28. The first-order valence-electron chi connectivity index (χ1n) is 5.70. The number of hydrogen-bond acceptors (Lipinski definition) is 1. The largest absolute Gasteiger partial charge is 0.256 e. The zero-order valence-electron chi connectivity index (χ0n) is 9.67. The van der Waals surface area contributed by atoms with Crippen molar-refractivity contribution in [3.05, 3.63) is 72.2 Å². The van der Waals surface area contributed by atoms with E-state index >= 15 is 0 Å². The molecule has 0 amide bonds. The van der Waals surface area contributed by atoms with Gasteiger partial charge in [0.05, 0.1) is 12.3 Å². The number of benzene rings is 2. The van der Waals surface area contributed by atoms with E-state index in [4.69, 9.17) is 6.57 Å². The highest BCUT2D eigenvalue weighted by atomic mass is 14.7. The van der Waals surface area contributed by atoms with Gasteiger partial charge in [0.1, 0.15) is 0 Å². The molecule has 0 aliphatic rings. The molecule has 3 rings (SSSR count). The predicted molar refractivity (Wildman–Crippen MR) is 73.4 cm³/mol. The summed E-state index contributed by atoms with van der Waals surface area (Å²) < 4.78 is 0. The summed E-state index contributed by atoms with van der Waals surface area (Å²) >= 11 is 0. The van der Waals surface area contributed by atoms with E-state index in [1.807, 2.05) is 48.7 Å². The molecular weight excluding hydrogens is 220 g/mol. The SMILES string of the molecule is [C-]#[N+]c1cccc(-c2nccc3ccccc23)c1. The van der Waals surface area contributed by atoms with Gasteiger partial charge in [-0.05, 0) is 23.1 Å². The van der Waals surface area contributed by atoms with Crippen molar-refractivity contribution in [1.29, 1.82) is 0 Å². The number of rotatable bonds is 1. The molecule has 0 radical (unpaired) electrons. The van der Waals surface area contributed by atoms with Gasteiger partial charge in [-0.25, -0.2) is 4.85 Å². The summed E-state index contributed by atoms with van der Waals surface area (Å²) in [6, 6.07) is 17.7. The summed E-state index contributed by atoms with van der Waals surface area (Å²) in [5.74, 6) is 0. The van der Waals surface area contributed by atoms with E-state index in [1.165, 1.54) is 0 Å². The Kier molecular flexibility index (Phi) is 2.51. The maximum atomic E-state index is 7.07. The van der Waals surface area contributed by atoms with Gasteiger partial charge in [0.25, 0.3) is 0 Å². The van der Waals surface area contributed by atoms with Gasteiger partial charge in [0.15, 0.2) is 5.69 Å². The van der Waals surface area contributed by atoms with Gasteiger partial charge >= 0.3 is 0 Å². The summed E-state index contributed by atoms with van der Waals surface area (Å²) in [7, 11) is 0. The van der Waals surface area contributed by atoms with E-state index in [0.29, 0.717) is 5.69 Å². The molecule has 18 heavy (non-hydrogen) atoms. The molecule has 0 spiro atoms. The van der Waals surface area contributed by atoms with Gasteiger partial charge in [-0.1, -0.05) is 42.5 Å². The Hall–Kier alpha value is -2.66. The van der Waals surface area contributed by atoms with E-state index in [0.717, 1.165) is 22.0 Å². The Morgan fingerprint density at radius 2 is 1.83 bits per heavy atom. The van der Waals surface area contributed by atoms with Crippen LogP contribution in [-0.4, -0.2) is 4.98 Å². The van der Waals surface area contributed by atoms with Gasteiger partial charge in [-0.15, -0.1) is 0 Å². The van der Waals surface area contributed by atoms with Crippen LogP contribution in [0.25, 0.3) is 26.9 Å². The van der Waals surface area contributed by atoms with Crippen LogP contribution in [0.15, 0.2) is 60.8 Å². The van der Waals surface area contributed by atoms with Crippen LogP contribution in [0.3, 0.4) is 0 Å². The summed E-state index contributed by atoms with van der Waals surface area (Å²) in [4.78, 5) is 7.91. The quantitative estimate of drug-likeness (QED) is 0.564. The monoisotopic (exact) mass is 230 g/mol. The molecule has 0 unspecified atom stereocenters. The lowest BCUT2D eigenvalue weighted by atomic mass is 10.0. The Morgan fingerprint density at radius 1 is 0.944 bits per heavy atom. The van der Waals surface area contributed by atoms with Crippen molar-refractivity contribution in [2.45, 2.75) is 0 Å². The van der Waals surface area contributed by atoms with Crippen molar-refractivity contribution < 1.29 is 0 Å². The first-order valence-corrected chi connectivity index (χ1v) is 5.70. The Labute approximate surface area is 105 Å². The van der Waals surface area contributed by atoms with Crippen LogP contribution in [-0.2, 0) is 0 Å². The maximum absolute atomic E-state index is 7.07. The predicted octanol–water partition coefficient (Wildman–Crippen LogP) is 4.45. The molecule has 0 aliphatic carbocycles. The van der Waals surface area contributed by atoms with Gasteiger partial charge in [0.2, 0.25) is 0 Å². The van der Waals surface area contributed by atoms with Gasteiger partial charge in [-0.3, -0.25) is 4.98 Å². The second kappa shape index (κ2) is 4.31. The molecule has 3 aromatic rings. The maximum Gasteiger partial charge on any atom is 0.187 e. The zero-order chi connectivity index (χ0) is 12.4. The van der Waals surface area contributed by atoms with Crippen LogP contribution in [0.4, 0.5) is 5.69 Å². The number of hydrogen-bond donors (Lipinski definition) is 0. The van der Waals surface area contributed by atoms with Crippen molar-refractivity contribution >= 4 is 16.5 Å². The second-order valence-electron chi connectivity index (χ2n) is 4.04. The van der Waals surface area contributed by atoms with Crippen molar-refractivity contribution in [3.8, 4) is 11.3 Å². The van der Waals surface area contributed by atoms with E-state index < -0.39 is 0 Å². The third-order valence-electron chi connectivity index (χ3n) is 2.92. The second-order valence-corrected chi connectivity index (χ2v) is 4.04. The molecule has 2 aromatic carbocycles. The van der Waals surface area contributed by atoms with Crippen LogP contribution >= 0.6 is 0 Å². The first kappa shape index (κ1) is 10.5. The lowest BCUT2D eigenvalue weighted by molar-refractivity contribution is 1.36. The fraction of sp³-hybridized carbons (Fsp3) is 0. The van der Waals surface area contributed by atoms with Crippen molar-refractivity contribution in [2.75, 3.05) is 0 Å². The normalized spacial score (nSPS) is 10.2. The van der Waals surface area contributed by atoms with Crippen molar-refractivity contribution in [3.63, 3.8) is 0 Å². The number of pyridine rings is 1. The Bertz CT molecular complexity index is 749. The lowest BCUT2D eigenvalue weighted by Gasteiger charge is -2.05. The minimum atomic E-state index is 0.641. The summed E-state index contributed by atoms with van der Waals surface area (Å²) in [6.07, 6.45) is 1.81. The van der Waals surface area contributed by atoms with Crippen molar-refractivity contribution in [1.82, 2.24) is 4.98 Å². The van der Waals surface area contributed by atoms with E-state index in [-0.39, 0.29) is 0 Å². The third-order valence-corrected chi connectivity index (χ3v) is 2.92. The van der Waals surface area contributed by atoms with Crippen LogP contribution in [0.2, 0.25) is 0 Å². The minimum Gasteiger partial charge on any atom is -0.256 e. The van der Waals surface area contributed by atoms with Crippen LogP contribution < -0.4 is 0 Å². The fourth-order valence-corrected chi connectivity index (χ4v) is 2.07. The zero-order valence-corrected chi connectivity index (χ0v) is 9.67. The fourth-order valence-electron chi connectivity index (χ4n) is 2.07. The van der Waals surface area contributed by atoms with E-state index in [2.05, 4.69) is 22.0 Å². The Morgan fingerprint density at radius 3 is 2.72 bits per heavy atom. The molecule has 1 heterocycles. The molecule has 0 aliphatic heterocycles. The number of nitrogens with zero attached hydrogens (tertiary/aromatic N) is 2. The number of aromatic nitrogens is 1. The molecule has 0 bridgehead atoms. The highest BCUT2D eigenvalue weighted by Gasteiger charge is 2.05. The Balaban J connectivity index is 2.28. The summed E-state index contributed by atoms with van der Waals surface area (Å²) in [6.45, 7) is 7.07. The van der Waals surface area contributed by atoms with Gasteiger partial charge < -0.3 is 0 Å². The summed E-state index contributed by atoms with van der Waals surface area (Å²) in [5, 5.41) is 2.28. The minimum absolute atomic E-state index is 0.641. The average molecular weight is 230 g/mol. The third kappa shape index (κ3) is 1.72. The molecule has 0 saturated carbocycles. The summed E-state index contributed by atoms with van der Waals surface area (Å²) in [5.41, 5.74) is 2.56.